The Balaban J connectivity index is 1.21. The van der Waals surface area contributed by atoms with E-state index in [0.717, 1.165) is 54.3 Å². The average molecular weight is 566 g/mol. The number of hydrogen-bond donors (Lipinski definition) is 3. The summed E-state index contributed by atoms with van der Waals surface area (Å²) in [4.78, 5) is 21.8. The molecule has 3 N–H and O–H groups in total. The van der Waals surface area contributed by atoms with Crippen molar-refractivity contribution in [3.8, 4) is 0 Å². The molecule has 1 aliphatic heterocycles. The SMILES string of the molecule is COC1OCC2C(OC(=O)NCCCN(CCC(C)C)NSc3ccc4sc(NC(C)C)nc4c3)CCC12. The van der Waals surface area contributed by atoms with Gasteiger partial charge in [-0.25, -0.2) is 14.8 Å². The normalized spacial score (nSPS) is 23.1. The van der Waals surface area contributed by atoms with Crippen molar-refractivity contribution in [1.29, 1.82) is 0 Å². The number of rotatable bonds is 14. The van der Waals surface area contributed by atoms with Crippen LogP contribution in [0.2, 0.25) is 0 Å². The lowest BCUT2D eigenvalue weighted by Crippen LogP contribution is -2.38. The number of fused-ring (bicyclic) bond motifs is 2. The smallest absolute Gasteiger partial charge is 0.407 e. The van der Waals surface area contributed by atoms with Gasteiger partial charge >= 0.3 is 6.09 Å². The van der Waals surface area contributed by atoms with E-state index in [2.05, 4.69) is 66.4 Å². The molecule has 1 amide bonds. The van der Waals surface area contributed by atoms with Crippen molar-refractivity contribution in [2.75, 3.05) is 38.7 Å². The molecule has 38 heavy (non-hydrogen) atoms. The fraction of sp³-hybridized carbons (Fsp3) is 0.704. The van der Waals surface area contributed by atoms with Gasteiger partial charge in [0.25, 0.3) is 0 Å². The van der Waals surface area contributed by atoms with Gasteiger partial charge in [-0.3, -0.25) is 0 Å². The number of alkyl carbamates (subject to hydrolysis) is 1. The van der Waals surface area contributed by atoms with Gasteiger partial charge in [-0.15, -0.1) is 0 Å². The summed E-state index contributed by atoms with van der Waals surface area (Å²) in [5.41, 5.74) is 1.01. The van der Waals surface area contributed by atoms with E-state index in [1.165, 1.54) is 4.70 Å². The highest BCUT2D eigenvalue weighted by molar-refractivity contribution is 7.97. The van der Waals surface area contributed by atoms with Crippen LogP contribution in [0.4, 0.5) is 9.93 Å². The monoisotopic (exact) mass is 565 g/mol. The highest BCUT2D eigenvalue weighted by Crippen LogP contribution is 2.42. The van der Waals surface area contributed by atoms with Crippen LogP contribution >= 0.6 is 23.3 Å². The number of amides is 1. The lowest BCUT2D eigenvalue weighted by molar-refractivity contribution is -0.110. The Labute approximate surface area is 234 Å². The first kappa shape index (κ1) is 29.4. The van der Waals surface area contributed by atoms with E-state index in [1.807, 2.05) is 0 Å². The number of nitrogens with zero attached hydrogens (tertiary/aromatic N) is 2. The van der Waals surface area contributed by atoms with Crippen LogP contribution in [-0.4, -0.2) is 67.9 Å². The van der Waals surface area contributed by atoms with E-state index >= 15 is 0 Å². The van der Waals surface area contributed by atoms with Crippen LogP contribution in [0.25, 0.3) is 10.2 Å². The third kappa shape index (κ3) is 8.19. The number of thiazole rings is 1. The van der Waals surface area contributed by atoms with Gasteiger partial charge in [-0.05, 0) is 75.6 Å². The molecule has 0 bridgehead atoms. The number of anilines is 1. The Bertz CT molecular complexity index is 1040. The number of benzene rings is 1. The summed E-state index contributed by atoms with van der Waals surface area (Å²) in [6, 6.07) is 6.76. The highest BCUT2D eigenvalue weighted by Gasteiger charge is 2.48. The van der Waals surface area contributed by atoms with Gasteiger partial charge in [-0.2, -0.15) is 4.83 Å². The second-order valence-corrected chi connectivity index (χ2v) is 12.8. The topological polar surface area (TPSA) is 97.0 Å². The van der Waals surface area contributed by atoms with E-state index < -0.39 is 0 Å². The largest absolute Gasteiger partial charge is 0.446 e. The summed E-state index contributed by atoms with van der Waals surface area (Å²) < 4.78 is 18.0. The predicted molar refractivity (Wildman–Crippen MR) is 154 cm³/mol. The molecule has 4 unspecified atom stereocenters. The molecular weight excluding hydrogens is 522 g/mol. The van der Waals surface area contributed by atoms with E-state index in [0.29, 0.717) is 31.0 Å². The molecule has 212 valence electrons. The van der Waals surface area contributed by atoms with Crippen molar-refractivity contribution in [3.63, 3.8) is 0 Å². The second-order valence-electron chi connectivity index (χ2n) is 10.9. The molecule has 1 aliphatic carbocycles. The number of carbonyl (C=O) groups is 1. The van der Waals surface area contributed by atoms with Crippen molar-refractivity contribution in [2.24, 2.45) is 17.8 Å². The lowest BCUT2D eigenvalue weighted by atomic mass is 9.98. The van der Waals surface area contributed by atoms with Gasteiger partial charge in [0.2, 0.25) is 0 Å². The van der Waals surface area contributed by atoms with Gasteiger partial charge in [0.05, 0.1) is 16.8 Å². The van der Waals surface area contributed by atoms with Crippen molar-refractivity contribution in [3.05, 3.63) is 18.2 Å². The Morgan fingerprint density at radius 1 is 1.24 bits per heavy atom. The van der Waals surface area contributed by atoms with Gasteiger partial charge < -0.3 is 24.8 Å². The molecule has 0 radical (unpaired) electrons. The number of nitrogens with one attached hydrogen (secondary N) is 3. The quantitative estimate of drug-likeness (QED) is 0.156. The molecule has 2 aromatic rings. The van der Waals surface area contributed by atoms with Gasteiger partial charge in [0.1, 0.15) is 6.10 Å². The fourth-order valence-electron chi connectivity index (χ4n) is 5.00. The van der Waals surface area contributed by atoms with E-state index in [1.54, 1.807) is 30.4 Å². The number of methoxy groups -OCH3 is 1. The second kappa shape index (κ2) is 14.1. The summed E-state index contributed by atoms with van der Waals surface area (Å²) in [5, 5.41) is 9.52. The van der Waals surface area contributed by atoms with Crippen molar-refractivity contribution < 1.29 is 19.0 Å². The number of ether oxygens (including phenoxy) is 3. The molecule has 1 aromatic carbocycles. The van der Waals surface area contributed by atoms with Crippen LogP contribution in [0, 0.1) is 17.8 Å². The van der Waals surface area contributed by atoms with Crippen molar-refractivity contribution >= 4 is 44.7 Å². The molecular formula is C27H43N5O4S2. The Morgan fingerprint density at radius 3 is 2.84 bits per heavy atom. The zero-order valence-electron chi connectivity index (χ0n) is 23.2. The first-order valence-corrected chi connectivity index (χ1v) is 15.4. The van der Waals surface area contributed by atoms with Crippen molar-refractivity contribution in [1.82, 2.24) is 20.1 Å². The number of aromatic nitrogens is 1. The highest BCUT2D eigenvalue weighted by atomic mass is 32.2. The fourth-order valence-corrected chi connectivity index (χ4v) is 6.72. The molecule has 1 saturated heterocycles. The molecule has 0 spiro atoms. The predicted octanol–water partition coefficient (Wildman–Crippen LogP) is 5.49. The maximum absolute atomic E-state index is 12.4. The summed E-state index contributed by atoms with van der Waals surface area (Å²) >= 11 is 3.28. The molecule has 9 nitrogen and oxygen atoms in total. The van der Waals surface area contributed by atoms with E-state index in [-0.39, 0.29) is 24.4 Å². The van der Waals surface area contributed by atoms with Gasteiger partial charge in [0.15, 0.2) is 11.4 Å². The van der Waals surface area contributed by atoms with Crippen LogP contribution in [0.3, 0.4) is 0 Å². The van der Waals surface area contributed by atoms with Crippen molar-refractivity contribution in [2.45, 2.75) is 76.7 Å². The Hall–Kier alpha value is -1.63. The van der Waals surface area contributed by atoms with Gasteiger partial charge in [0, 0.05) is 49.5 Å². The molecule has 4 rings (SSSR count). The Morgan fingerprint density at radius 2 is 2.08 bits per heavy atom. The van der Waals surface area contributed by atoms with E-state index in [9.17, 15) is 4.79 Å². The first-order valence-electron chi connectivity index (χ1n) is 13.8. The van der Waals surface area contributed by atoms with Crippen LogP contribution in [0.5, 0.6) is 0 Å². The van der Waals surface area contributed by atoms with Crippen LogP contribution in [-0.2, 0) is 14.2 Å². The third-order valence-corrected chi connectivity index (χ3v) is 8.83. The summed E-state index contributed by atoms with van der Waals surface area (Å²) in [6.45, 7) is 11.6. The maximum atomic E-state index is 12.4. The molecule has 4 atom stereocenters. The minimum absolute atomic E-state index is 0.0898. The van der Waals surface area contributed by atoms with Crippen LogP contribution < -0.4 is 15.5 Å². The minimum Gasteiger partial charge on any atom is -0.446 e. The summed E-state index contributed by atoms with van der Waals surface area (Å²) in [5.74, 6) is 1.18. The zero-order valence-corrected chi connectivity index (χ0v) is 24.8. The maximum Gasteiger partial charge on any atom is 0.407 e. The summed E-state index contributed by atoms with van der Waals surface area (Å²) in [6.07, 6.45) is 3.17. The summed E-state index contributed by atoms with van der Waals surface area (Å²) in [7, 11) is 1.67. The first-order chi connectivity index (χ1) is 18.3. The molecule has 2 aliphatic rings. The number of carbonyl (C=O) groups excluding carboxylic acids is 1. The minimum atomic E-state index is -0.338. The zero-order chi connectivity index (χ0) is 27.1. The van der Waals surface area contributed by atoms with Crippen LogP contribution in [0.1, 0.15) is 53.4 Å². The van der Waals surface area contributed by atoms with Gasteiger partial charge in [-0.1, -0.05) is 25.2 Å². The standard InChI is InChI=1S/C27H43N5O4S2/c1-17(2)11-14-32(31-38-19-7-10-24-22(15-19)30-26(37-24)29-18(3)4)13-6-12-28-27(33)36-23-9-8-20-21(23)16-35-25(20)34-5/h7,10,15,17-18,20-21,23,25,31H,6,8-9,11-14,16H2,1-5H3,(H,28,33)(H,29,30). The molecule has 1 saturated carbocycles. The Kier molecular flexibility index (Phi) is 10.9. The number of hydrazine groups is 1. The lowest BCUT2D eigenvalue weighted by Gasteiger charge is -2.24. The molecule has 1 aromatic heterocycles. The van der Waals surface area contributed by atoms with Crippen LogP contribution in [0.15, 0.2) is 23.1 Å². The number of hydrogen-bond acceptors (Lipinski definition) is 10. The molecule has 2 heterocycles. The average Bonchev–Trinajstić information content (AvgIpc) is 3.57. The third-order valence-electron chi connectivity index (χ3n) is 7.02. The molecule has 2 fully saturated rings. The van der Waals surface area contributed by atoms with E-state index in [4.69, 9.17) is 19.2 Å². The molecule has 11 heteroatoms.